The largest absolute Gasteiger partial charge is 0.481 e. The minimum absolute atomic E-state index is 0.312. The number of aliphatic carboxylic acids is 4. The summed E-state index contributed by atoms with van der Waals surface area (Å²) >= 11 is 0. The highest BCUT2D eigenvalue weighted by atomic mass is 16.4. The van der Waals surface area contributed by atoms with Crippen LogP contribution >= 0.6 is 0 Å². The van der Waals surface area contributed by atoms with Crippen LogP contribution in [0.5, 0.6) is 0 Å². The molecule has 0 spiro atoms. The molecule has 314 valence electrons. The van der Waals surface area contributed by atoms with Crippen molar-refractivity contribution in [2.24, 2.45) is 0 Å². The Morgan fingerprint density at radius 2 is 0.609 bits per heavy atom. The normalized spacial score (nSPS) is 11.8. The molecule has 0 radical (unpaired) electrons. The number of carboxylic acids is 4. The average molecular weight is 851 g/mol. The van der Waals surface area contributed by atoms with Gasteiger partial charge in [-0.05, 0) is 119 Å². The summed E-state index contributed by atoms with van der Waals surface area (Å²) in [7, 11) is 0. The molecule has 7 aromatic rings. The zero-order valence-electron chi connectivity index (χ0n) is 33.5. The second-order valence-corrected chi connectivity index (χ2v) is 14.9. The Morgan fingerprint density at radius 3 is 0.828 bits per heavy atom. The fraction of sp³-hybridized carbons (Fsp3) is 0.0833. The molecule has 0 aromatic carbocycles. The molecule has 16 nitrogen and oxygen atoms in total. The van der Waals surface area contributed by atoms with E-state index in [1.54, 1.807) is 73.3 Å². The van der Waals surface area contributed by atoms with Gasteiger partial charge in [0.1, 0.15) is 0 Å². The molecular formula is C48H34N8O8. The third kappa shape index (κ3) is 8.38. The molecule has 6 N–H and O–H groups in total. The van der Waals surface area contributed by atoms with Gasteiger partial charge in [0.25, 0.3) is 0 Å². The number of aromatic nitrogens is 8. The van der Waals surface area contributed by atoms with Gasteiger partial charge >= 0.3 is 23.9 Å². The fourth-order valence-corrected chi connectivity index (χ4v) is 7.96. The predicted octanol–water partition coefficient (Wildman–Crippen LogP) is 7.41. The minimum atomic E-state index is -1.04. The molecule has 9 heterocycles. The van der Waals surface area contributed by atoms with Gasteiger partial charge in [-0.15, -0.1) is 0 Å². The van der Waals surface area contributed by atoms with Gasteiger partial charge in [-0.2, -0.15) is 0 Å². The Labute approximate surface area is 362 Å². The van der Waals surface area contributed by atoms with Crippen LogP contribution < -0.4 is 0 Å². The third-order valence-corrected chi connectivity index (χ3v) is 10.5. The topological polar surface area (TPSA) is 258 Å². The van der Waals surface area contributed by atoms with Gasteiger partial charge in [0.15, 0.2) is 0 Å². The van der Waals surface area contributed by atoms with E-state index in [1.807, 2.05) is 48.6 Å². The van der Waals surface area contributed by atoms with Gasteiger partial charge in [0, 0.05) is 69.1 Å². The van der Waals surface area contributed by atoms with E-state index in [1.165, 1.54) is 0 Å². The molecule has 0 fully saturated rings. The van der Waals surface area contributed by atoms with Gasteiger partial charge in [0.2, 0.25) is 0 Å². The van der Waals surface area contributed by atoms with E-state index in [4.69, 9.17) is 9.97 Å². The SMILES string of the molecule is O=C(O)Cc1cc(-c2c3nc(c(-c4ccnc(CC(=O)O)c4)c4ccc([nH]4)c(-c4ccnc(CC(=O)O)c4)c4nc(c(-c5ccnc(CC(=O)O)c5)c5ccc2[nH]5)C=C4)C=C3)ccn1. The van der Waals surface area contributed by atoms with Crippen LogP contribution in [0.2, 0.25) is 0 Å². The summed E-state index contributed by atoms with van der Waals surface area (Å²) in [6.45, 7) is 0. The Bertz CT molecular complexity index is 2900. The van der Waals surface area contributed by atoms with Crippen molar-refractivity contribution in [3.8, 4) is 44.5 Å². The van der Waals surface area contributed by atoms with Gasteiger partial charge in [-0.1, -0.05) is 0 Å². The molecule has 0 amide bonds. The molecule has 0 unspecified atom stereocenters. The predicted molar refractivity (Wildman–Crippen MR) is 237 cm³/mol. The molecular weight excluding hydrogens is 817 g/mol. The molecule has 2 aliphatic heterocycles. The summed E-state index contributed by atoms with van der Waals surface area (Å²) in [5.41, 5.74) is 10.8. The number of fused-ring (bicyclic) bond motifs is 8. The van der Waals surface area contributed by atoms with Crippen molar-refractivity contribution in [2.45, 2.75) is 25.7 Å². The number of carbonyl (C=O) groups is 4. The van der Waals surface area contributed by atoms with Crippen LogP contribution in [0.3, 0.4) is 0 Å². The van der Waals surface area contributed by atoms with Gasteiger partial charge in [0.05, 0.1) is 71.2 Å². The van der Waals surface area contributed by atoms with Gasteiger partial charge < -0.3 is 30.4 Å². The van der Waals surface area contributed by atoms with Crippen LogP contribution in [-0.4, -0.2) is 84.2 Å². The molecule has 9 rings (SSSR count). The number of pyridine rings is 4. The smallest absolute Gasteiger partial charge is 0.309 e. The van der Waals surface area contributed by atoms with Crippen molar-refractivity contribution in [1.29, 1.82) is 0 Å². The lowest BCUT2D eigenvalue weighted by Crippen LogP contribution is -2.02. The van der Waals surface area contributed by atoms with Crippen molar-refractivity contribution in [1.82, 2.24) is 39.9 Å². The molecule has 0 saturated heterocycles. The second-order valence-electron chi connectivity index (χ2n) is 14.9. The number of carboxylic acid groups (broad SMARTS) is 4. The molecule has 0 atom stereocenters. The maximum atomic E-state index is 11.8. The first-order valence-electron chi connectivity index (χ1n) is 19.8. The van der Waals surface area contributed by atoms with E-state index in [0.717, 1.165) is 0 Å². The van der Waals surface area contributed by atoms with Gasteiger partial charge in [-0.25, -0.2) is 9.97 Å². The summed E-state index contributed by atoms with van der Waals surface area (Å²) in [6.07, 6.45) is 12.3. The molecule has 0 saturated carbocycles. The summed E-state index contributed by atoms with van der Waals surface area (Å²) < 4.78 is 0. The highest BCUT2D eigenvalue weighted by Gasteiger charge is 2.21. The zero-order valence-corrected chi connectivity index (χ0v) is 33.5. The number of nitrogens with zero attached hydrogens (tertiary/aromatic N) is 6. The summed E-state index contributed by atoms with van der Waals surface area (Å²) in [5, 5.41) is 38.6. The lowest BCUT2D eigenvalue weighted by atomic mass is 10.0. The Morgan fingerprint density at radius 1 is 0.375 bits per heavy atom. The maximum absolute atomic E-state index is 11.8. The molecule has 16 heteroatoms. The van der Waals surface area contributed by atoms with Crippen LogP contribution in [0, 0.1) is 0 Å². The number of H-pyrrole nitrogens is 2. The highest BCUT2D eigenvalue weighted by Crippen LogP contribution is 2.38. The molecule has 0 aliphatic carbocycles. The van der Waals surface area contributed by atoms with Crippen LogP contribution in [0.4, 0.5) is 0 Å². The van der Waals surface area contributed by atoms with E-state index >= 15 is 0 Å². The first kappa shape index (κ1) is 40.5. The van der Waals surface area contributed by atoms with Gasteiger partial charge in [-0.3, -0.25) is 39.1 Å². The van der Waals surface area contributed by atoms with E-state index in [9.17, 15) is 39.6 Å². The van der Waals surface area contributed by atoms with Crippen LogP contribution in [0.1, 0.15) is 45.6 Å². The number of aromatic amines is 2. The van der Waals surface area contributed by atoms with Crippen LogP contribution in [0.25, 0.3) is 90.9 Å². The number of hydrogen-bond acceptors (Lipinski definition) is 10. The zero-order chi connectivity index (χ0) is 44.5. The van der Waals surface area contributed by atoms with Crippen molar-refractivity contribution < 1.29 is 39.6 Å². The lowest BCUT2D eigenvalue weighted by molar-refractivity contribution is -0.137. The van der Waals surface area contributed by atoms with E-state index in [0.29, 0.717) is 112 Å². The number of nitrogens with one attached hydrogen (secondary N) is 2. The number of rotatable bonds is 12. The van der Waals surface area contributed by atoms with Crippen LogP contribution in [-0.2, 0) is 44.9 Å². The van der Waals surface area contributed by atoms with E-state index < -0.39 is 23.9 Å². The first-order chi connectivity index (χ1) is 30.9. The number of hydrogen-bond donors (Lipinski definition) is 6. The standard InChI is InChI=1S/C48H34N8O8/c57-41(58)21-29-17-25(9-13-49-29)45-33-1-2-34(53-33)46(26-10-14-50-30(18-26)22-42(59)60)36-5-6-38(55-36)48(28-12-16-52-32(20-28)24-44(63)64)40-8-7-39(56-40)47(37-4-3-35(45)54-37)27-11-15-51-31(19-27)23-43(61)62/h1-20,53,56H,21-24H2,(H,57,58)(H,59,60)(H,61,62)(H,63,64). The molecule has 2 aliphatic rings. The second kappa shape index (κ2) is 16.9. The fourth-order valence-electron chi connectivity index (χ4n) is 7.96. The third-order valence-electron chi connectivity index (χ3n) is 10.5. The molecule has 64 heavy (non-hydrogen) atoms. The first-order valence-corrected chi connectivity index (χ1v) is 19.8. The minimum Gasteiger partial charge on any atom is -0.481 e. The summed E-state index contributed by atoms with van der Waals surface area (Å²) in [5.74, 6) is -4.17. The highest BCUT2D eigenvalue weighted by molar-refractivity contribution is 6.00. The van der Waals surface area contributed by atoms with E-state index in [-0.39, 0.29) is 25.7 Å². The quantitative estimate of drug-likeness (QED) is 0.0700. The summed E-state index contributed by atoms with van der Waals surface area (Å²) in [4.78, 5) is 82.0. The lowest BCUT2D eigenvalue weighted by Gasteiger charge is -2.08. The summed E-state index contributed by atoms with van der Waals surface area (Å²) in [6, 6.07) is 21.4. The van der Waals surface area contributed by atoms with Crippen molar-refractivity contribution in [3.63, 3.8) is 0 Å². The molecule has 8 bridgehead atoms. The van der Waals surface area contributed by atoms with Crippen molar-refractivity contribution in [3.05, 3.63) is 143 Å². The van der Waals surface area contributed by atoms with Crippen LogP contribution in [0.15, 0.2) is 97.6 Å². The van der Waals surface area contributed by atoms with Crippen molar-refractivity contribution >= 4 is 70.2 Å². The average Bonchev–Trinajstić information content (AvgIpc) is 4.09. The van der Waals surface area contributed by atoms with E-state index in [2.05, 4.69) is 29.9 Å². The Balaban J connectivity index is 1.44. The monoisotopic (exact) mass is 850 g/mol. The Kier molecular flexibility index (Phi) is 10.7. The Hall–Kier alpha value is -8.92. The maximum Gasteiger partial charge on any atom is 0.309 e. The molecule has 7 aromatic heterocycles. The van der Waals surface area contributed by atoms with Crippen molar-refractivity contribution in [2.75, 3.05) is 0 Å².